The van der Waals surface area contributed by atoms with Gasteiger partial charge in [-0.3, -0.25) is 14.9 Å². The van der Waals surface area contributed by atoms with E-state index in [0.717, 1.165) is 6.20 Å². The molecule has 0 atom stereocenters. The summed E-state index contributed by atoms with van der Waals surface area (Å²) < 4.78 is 13.1. The minimum absolute atomic E-state index is 0.0128. The fourth-order valence-electron chi connectivity index (χ4n) is 1.75. The van der Waals surface area contributed by atoms with Crippen LogP contribution in [0.5, 0.6) is 0 Å². The maximum atomic E-state index is 13.1. The lowest BCUT2D eigenvalue weighted by Gasteiger charge is -2.17. The summed E-state index contributed by atoms with van der Waals surface area (Å²) in [5.41, 5.74) is 0.543. The number of rotatable bonds is 5. The van der Waals surface area contributed by atoms with Gasteiger partial charge in [-0.1, -0.05) is 6.07 Å². The molecule has 104 valence electrons. The van der Waals surface area contributed by atoms with E-state index in [1.165, 1.54) is 18.2 Å². The highest BCUT2D eigenvalue weighted by molar-refractivity contribution is 5.98. The number of carbonyl (C=O) groups is 1. The molecule has 6 nitrogen and oxygen atoms in total. The number of nitrogens with one attached hydrogen (secondary N) is 1. The van der Waals surface area contributed by atoms with Crippen molar-refractivity contribution >= 4 is 17.2 Å². The van der Waals surface area contributed by atoms with Crippen LogP contribution in [-0.2, 0) is 0 Å². The Morgan fingerprint density at radius 2 is 2.20 bits per heavy atom. The number of carbonyl (C=O) groups excluding carboxylic acids is 1. The normalized spacial score (nSPS) is 10.3. The van der Waals surface area contributed by atoms with Crippen LogP contribution in [0.2, 0.25) is 0 Å². The van der Waals surface area contributed by atoms with E-state index in [1.54, 1.807) is 24.1 Å². The number of nitrogens with zero attached hydrogens (tertiary/aromatic N) is 2. The SMILES string of the molecule is CN(CC(=O)c1cc([N+](=O)[O-])c[nH]1)c1cccc(F)c1. The minimum atomic E-state index is -0.580. The average molecular weight is 277 g/mol. The summed E-state index contributed by atoms with van der Waals surface area (Å²) in [7, 11) is 1.64. The van der Waals surface area contributed by atoms with E-state index in [-0.39, 0.29) is 23.7 Å². The predicted molar refractivity (Wildman–Crippen MR) is 71.4 cm³/mol. The van der Waals surface area contributed by atoms with E-state index in [4.69, 9.17) is 0 Å². The molecule has 0 amide bonds. The summed E-state index contributed by atoms with van der Waals surface area (Å²) in [6.07, 6.45) is 1.16. The number of anilines is 1. The molecule has 0 aliphatic rings. The quantitative estimate of drug-likeness (QED) is 0.517. The van der Waals surface area contributed by atoms with Gasteiger partial charge < -0.3 is 9.88 Å². The molecule has 0 saturated carbocycles. The minimum Gasteiger partial charge on any atom is -0.367 e. The van der Waals surface area contributed by atoms with Crippen LogP contribution < -0.4 is 4.90 Å². The maximum absolute atomic E-state index is 13.1. The molecule has 0 radical (unpaired) electrons. The molecule has 2 rings (SSSR count). The van der Waals surface area contributed by atoms with Crippen molar-refractivity contribution in [3.05, 3.63) is 58.2 Å². The zero-order chi connectivity index (χ0) is 14.7. The van der Waals surface area contributed by atoms with E-state index in [9.17, 15) is 19.3 Å². The van der Waals surface area contributed by atoms with Gasteiger partial charge in [0.25, 0.3) is 5.69 Å². The molecule has 0 aliphatic carbocycles. The first-order valence-corrected chi connectivity index (χ1v) is 5.80. The van der Waals surface area contributed by atoms with Gasteiger partial charge in [-0.15, -0.1) is 0 Å². The van der Waals surface area contributed by atoms with Crippen LogP contribution >= 0.6 is 0 Å². The van der Waals surface area contributed by atoms with Crippen LogP contribution in [0.15, 0.2) is 36.5 Å². The molecule has 0 aliphatic heterocycles. The lowest BCUT2D eigenvalue weighted by molar-refractivity contribution is -0.384. The summed E-state index contributed by atoms with van der Waals surface area (Å²) in [6, 6.07) is 7.03. The van der Waals surface area contributed by atoms with Crippen molar-refractivity contribution in [1.82, 2.24) is 4.98 Å². The van der Waals surface area contributed by atoms with Gasteiger partial charge in [0.15, 0.2) is 5.78 Å². The zero-order valence-electron chi connectivity index (χ0n) is 10.7. The number of Topliss-reactive ketones (excluding diaryl/α,β-unsaturated/α-hetero) is 1. The van der Waals surface area contributed by atoms with E-state index in [2.05, 4.69) is 4.98 Å². The van der Waals surface area contributed by atoms with Crippen molar-refractivity contribution in [3.63, 3.8) is 0 Å². The highest BCUT2D eigenvalue weighted by Gasteiger charge is 2.16. The molecule has 1 aromatic heterocycles. The van der Waals surface area contributed by atoms with E-state index >= 15 is 0 Å². The number of aromatic amines is 1. The van der Waals surface area contributed by atoms with Crippen LogP contribution in [-0.4, -0.2) is 29.3 Å². The third kappa shape index (κ3) is 3.00. The van der Waals surface area contributed by atoms with Crippen LogP contribution in [0.25, 0.3) is 0 Å². The Hall–Kier alpha value is -2.70. The average Bonchev–Trinajstić information content (AvgIpc) is 2.88. The van der Waals surface area contributed by atoms with Crippen LogP contribution in [0, 0.1) is 15.9 Å². The Balaban J connectivity index is 2.08. The van der Waals surface area contributed by atoms with Gasteiger partial charge >= 0.3 is 0 Å². The van der Waals surface area contributed by atoms with E-state index < -0.39 is 10.7 Å². The molecule has 1 N–H and O–H groups in total. The summed E-state index contributed by atoms with van der Waals surface area (Å²) >= 11 is 0. The zero-order valence-corrected chi connectivity index (χ0v) is 10.7. The fourth-order valence-corrected chi connectivity index (χ4v) is 1.75. The molecule has 20 heavy (non-hydrogen) atoms. The van der Waals surface area contributed by atoms with Gasteiger partial charge in [-0.25, -0.2) is 4.39 Å². The fraction of sp³-hybridized carbons (Fsp3) is 0.154. The molecular formula is C13H12FN3O3. The van der Waals surface area contributed by atoms with E-state index in [1.807, 2.05) is 0 Å². The van der Waals surface area contributed by atoms with E-state index in [0.29, 0.717) is 5.69 Å². The second kappa shape index (κ2) is 5.52. The first-order valence-electron chi connectivity index (χ1n) is 5.80. The molecule has 0 saturated heterocycles. The number of benzene rings is 1. The van der Waals surface area contributed by atoms with Crippen LogP contribution in [0.1, 0.15) is 10.5 Å². The Morgan fingerprint density at radius 3 is 2.80 bits per heavy atom. The summed E-state index contributed by atoms with van der Waals surface area (Å²) in [6.45, 7) is -0.0128. The largest absolute Gasteiger partial charge is 0.367 e. The summed E-state index contributed by atoms with van der Waals surface area (Å²) in [4.78, 5) is 26.1. The van der Waals surface area contributed by atoms with Crippen molar-refractivity contribution in [3.8, 4) is 0 Å². The molecule has 0 fully saturated rings. The van der Waals surface area contributed by atoms with Crippen molar-refractivity contribution in [2.75, 3.05) is 18.5 Å². The Labute approximate surface area is 114 Å². The van der Waals surface area contributed by atoms with Crippen molar-refractivity contribution < 1.29 is 14.1 Å². The molecule has 0 spiro atoms. The lowest BCUT2D eigenvalue weighted by atomic mass is 10.2. The van der Waals surface area contributed by atoms with Gasteiger partial charge in [-0.2, -0.15) is 0 Å². The van der Waals surface area contributed by atoms with Gasteiger partial charge in [0.2, 0.25) is 0 Å². The number of hydrogen-bond donors (Lipinski definition) is 1. The third-order valence-electron chi connectivity index (χ3n) is 2.81. The highest BCUT2D eigenvalue weighted by Crippen LogP contribution is 2.16. The summed E-state index contributed by atoms with van der Waals surface area (Å²) in [5.74, 6) is -0.706. The van der Waals surface area contributed by atoms with Gasteiger partial charge in [0, 0.05) is 18.8 Å². The van der Waals surface area contributed by atoms with Crippen LogP contribution in [0.3, 0.4) is 0 Å². The van der Waals surface area contributed by atoms with Gasteiger partial charge in [0.1, 0.15) is 5.82 Å². The number of likely N-dealkylation sites (N-methyl/N-ethyl adjacent to an activating group) is 1. The predicted octanol–water partition coefficient (Wildman–Crippen LogP) is 2.38. The Kier molecular flexibility index (Phi) is 3.79. The second-order valence-electron chi connectivity index (χ2n) is 4.29. The van der Waals surface area contributed by atoms with Crippen molar-refractivity contribution in [2.45, 2.75) is 0 Å². The Morgan fingerprint density at radius 1 is 1.45 bits per heavy atom. The topological polar surface area (TPSA) is 79.2 Å². The number of halogens is 1. The summed E-state index contributed by atoms with van der Waals surface area (Å²) in [5, 5.41) is 10.5. The Bertz CT molecular complexity index is 654. The number of aromatic nitrogens is 1. The number of hydrogen-bond acceptors (Lipinski definition) is 4. The third-order valence-corrected chi connectivity index (χ3v) is 2.81. The monoisotopic (exact) mass is 277 g/mol. The van der Waals surface area contributed by atoms with Gasteiger partial charge in [0.05, 0.1) is 23.4 Å². The number of H-pyrrole nitrogens is 1. The molecule has 0 bridgehead atoms. The number of nitro groups is 1. The molecule has 7 heteroatoms. The first-order chi connectivity index (χ1) is 9.47. The number of ketones is 1. The smallest absolute Gasteiger partial charge is 0.287 e. The molecule has 2 aromatic rings. The lowest BCUT2D eigenvalue weighted by Crippen LogP contribution is -2.25. The van der Waals surface area contributed by atoms with Crippen molar-refractivity contribution in [2.24, 2.45) is 0 Å². The first kappa shape index (κ1) is 13.7. The highest BCUT2D eigenvalue weighted by atomic mass is 19.1. The second-order valence-corrected chi connectivity index (χ2v) is 4.29. The molecule has 0 unspecified atom stereocenters. The molecule has 1 aromatic carbocycles. The maximum Gasteiger partial charge on any atom is 0.287 e. The van der Waals surface area contributed by atoms with Crippen molar-refractivity contribution in [1.29, 1.82) is 0 Å². The van der Waals surface area contributed by atoms with Gasteiger partial charge in [-0.05, 0) is 18.2 Å². The standard InChI is InChI=1S/C13H12FN3O3/c1-16(10-4-2-3-9(14)5-10)8-13(18)12-6-11(7-15-12)17(19)20/h2-7,15H,8H2,1H3. The van der Waals surface area contributed by atoms with Crippen LogP contribution in [0.4, 0.5) is 15.8 Å². The molecule has 1 heterocycles. The molecular weight excluding hydrogens is 265 g/mol.